The van der Waals surface area contributed by atoms with Crippen molar-refractivity contribution in [3.05, 3.63) is 65.1 Å². The zero-order chi connectivity index (χ0) is 20.6. The number of amides is 1. The minimum Gasteiger partial charge on any atom is -0.281 e. The molecular weight excluding hydrogens is 388 g/mol. The molecule has 3 rings (SSSR count). The molecule has 10 heteroatoms. The molecule has 0 atom stereocenters. The Morgan fingerprint density at radius 1 is 1.04 bits per heavy atom. The molecule has 0 fully saturated rings. The van der Waals surface area contributed by atoms with Gasteiger partial charge in [-0.25, -0.2) is 13.2 Å². The number of aromatic amines is 1. The van der Waals surface area contributed by atoms with Crippen molar-refractivity contribution in [2.24, 2.45) is 0 Å². The van der Waals surface area contributed by atoms with Gasteiger partial charge in [0.05, 0.1) is 17.1 Å². The molecule has 1 amide bonds. The summed E-state index contributed by atoms with van der Waals surface area (Å²) in [5.41, 5.74) is -2.31. The topological polar surface area (TPSA) is 49.0 Å². The predicted octanol–water partition coefficient (Wildman–Crippen LogP) is 5.12. The van der Waals surface area contributed by atoms with Gasteiger partial charge in [-0.15, -0.1) is 0 Å². The molecule has 2 aromatic carbocycles. The Bertz CT molecular complexity index is 1040. The summed E-state index contributed by atoms with van der Waals surface area (Å²) in [6.07, 6.45) is -4.48. The van der Waals surface area contributed by atoms with Gasteiger partial charge in [0.25, 0.3) is 0 Å². The Balaban J connectivity index is 2.03. The van der Waals surface area contributed by atoms with Crippen molar-refractivity contribution in [1.82, 2.24) is 10.2 Å². The average Bonchev–Trinajstić information content (AvgIpc) is 2.99. The maximum atomic E-state index is 14.6. The number of rotatable bonds is 4. The van der Waals surface area contributed by atoms with E-state index in [1.165, 1.54) is 6.07 Å². The van der Waals surface area contributed by atoms with E-state index in [-0.39, 0.29) is 34.6 Å². The van der Waals surface area contributed by atoms with Gasteiger partial charge >= 0.3 is 6.18 Å². The first-order chi connectivity index (χ1) is 13.1. The van der Waals surface area contributed by atoms with E-state index in [2.05, 4.69) is 5.10 Å². The van der Waals surface area contributed by atoms with Crippen LogP contribution in [0.15, 0.2) is 36.4 Å². The Morgan fingerprint density at radius 2 is 1.75 bits per heavy atom. The number of carbonyl (C=O) groups is 1. The van der Waals surface area contributed by atoms with E-state index < -0.39 is 29.3 Å². The van der Waals surface area contributed by atoms with Gasteiger partial charge in [0.1, 0.15) is 23.1 Å². The second-order valence-corrected chi connectivity index (χ2v) is 5.81. The van der Waals surface area contributed by atoms with Gasteiger partial charge in [0.15, 0.2) is 0 Å². The molecule has 0 aliphatic carbocycles. The van der Waals surface area contributed by atoms with Gasteiger partial charge in [0, 0.05) is 17.2 Å². The van der Waals surface area contributed by atoms with Crippen LogP contribution in [0.3, 0.4) is 0 Å². The lowest BCUT2D eigenvalue weighted by atomic mass is 10.1. The van der Waals surface area contributed by atoms with Gasteiger partial charge in [0.2, 0.25) is 6.41 Å². The minimum atomic E-state index is -4.68. The van der Waals surface area contributed by atoms with Gasteiger partial charge in [-0.1, -0.05) is 0 Å². The van der Waals surface area contributed by atoms with E-state index >= 15 is 0 Å². The van der Waals surface area contributed by atoms with Crippen LogP contribution in [0.1, 0.15) is 11.3 Å². The van der Waals surface area contributed by atoms with Crippen LogP contribution in [0.5, 0.6) is 0 Å². The van der Waals surface area contributed by atoms with Gasteiger partial charge in [-0.05, 0) is 37.3 Å². The molecule has 3 aromatic rings. The number of aromatic nitrogens is 2. The molecule has 0 aliphatic rings. The van der Waals surface area contributed by atoms with Crippen molar-refractivity contribution < 1.29 is 31.1 Å². The lowest BCUT2D eigenvalue weighted by Gasteiger charge is -2.19. The summed E-state index contributed by atoms with van der Waals surface area (Å²) < 4.78 is 80.2. The number of hydrogen-bond donors (Lipinski definition) is 1. The van der Waals surface area contributed by atoms with Crippen molar-refractivity contribution in [3.8, 4) is 11.3 Å². The second-order valence-electron chi connectivity index (χ2n) is 5.81. The number of alkyl halides is 3. The molecule has 4 nitrogen and oxygen atoms in total. The van der Waals surface area contributed by atoms with Crippen LogP contribution in [0, 0.1) is 24.4 Å². The molecule has 1 heterocycles. The SMILES string of the molecule is Cc1c(-c2ccc(N(C=O)c3ccc(F)cc3F)cc2F)n[nH]c1C(F)(F)F. The van der Waals surface area contributed by atoms with Crippen LogP contribution in [-0.4, -0.2) is 16.6 Å². The lowest BCUT2D eigenvalue weighted by molar-refractivity contribution is -0.141. The van der Waals surface area contributed by atoms with Crippen LogP contribution >= 0.6 is 0 Å². The Labute approximate surface area is 154 Å². The van der Waals surface area contributed by atoms with Gasteiger partial charge in [-0.2, -0.15) is 18.3 Å². The van der Waals surface area contributed by atoms with Gasteiger partial charge in [-0.3, -0.25) is 14.8 Å². The van der Waals surface area contributed by atoms with Crippen LogP contribution in [-0.2, 0) is 11.0 Å². The third-order valence-electron chi connectivity index (χ3n) is 4.05. The normalized spacial score (nSPS) is 11.5. The van der Waals surface area contributed by atoms with Crippen molar-refractivity contribution in [1.29, 1.82) is 0 Å². The average molecular weight is 399 g/mol. The molecular formula is C18H11F6N3O. The fraction of sp³-hybridized carbons (Fsp3) is 0.111. The second kappa shape index (κ2) is 7.02. The molecule has 1 aromatic heterocycles. The zero-order valence-electron chi connectivity index (χ0n) is 14.1. The third-order valence-corrected chi connectivity index (χ3v) is 4.05. The molecule has 0 radical (unpaired) electrons. The molecule has 28 heavy (non-hydrogen) atoms. The maximum Gasteiger partial charge on any atom is 0.433 e. The summed E-state index contributed by atoms with van der Waals surface area (Å²) >= 11 is 0. The van der Waals surface area contributed by atoms with E-state index in [0.717, 1.165) is 36.1 Å². The Hall–Kier alpha value is -3.30. The highest BCUT2D eigenvalue weighted by Crippen LogP contribution is 2.36. The quantitative estimate of drug-likeness (QED) is 0.489. The Morgan fingerprint density at radius 3 is 2.29 bits per heavy atom. The van der Waals surface area contributed by atoms with Crippen LogP contribution in [0.25, 0.3) is 11.3 Å². The number of nitrogens with zero attached hydrogens (tertiary/aromatic N) is 2. The number of halogens is 6. The van der Waals surface area contributed by atoms with Crippen molar-refractivity contribution in [2.45, 2.75) is 13.1 Å². The maximum absolute atomic E-state index is 14.6. The number of hydrogen-bond acceptors (Lipinski definition) is 2. The number of carbonyl (C=O) groups excluding carboxylic acids is 1. The van der Waals surface area contributed by atoms with Crippen LogP contribution < -0.4 is 4.90 Å². The summed E-state index contributed by atoms with van der Waals surface area (Å²) in [5.74, 6) is -2.88. The monoisotopic (exact) mass is 399 g/mol. The zero-order valence-corrected chi connectivity index (χ0v) is 14.1. The summed E-state index contributed by atoms with van der Waals surface area (Å²) in [4.78, 5) is 12.1. The minimum absolute atomic E-state index is 0.106. The summed E-state index contributed by atoms with van der Waals surface area (Å²) in [5, 5.41) is 5.35. The molecule has 0 saturated heterocycles. The third kappa shape index (κ3) is 3.45. The number of nitrogens with one attached hydrogen (secondary N) is 1. The van der Waals surface area contributed by atoms with Crippen LogP contribution in [0.4, 0.5) is 37.7 Å². The lowest BCUT2D eigenvalue weighted by Crippen LogP contribution is -2.16. The van der Waals surface area contributed by atoms with E-state index in [1.54, 1.807) is 0 Å². The van der Waals surface area contributed by atoms with E-state index in [9.17, 15) is 31.1 Å². The van der Waals surface area contributed by atoms with Crippen molar-refractivity contribution in [3.63, 3.8) is 0 Å². The predicted molar refractivity (Wildman–Crippen MR) is 88.3 cm³/mol. The first kappa shape index (κ1) is 19.5. The molecule has 0 bridgehead atoms. The first-order valence-electron chi connectivity index (χ1n) is 7.75. The molecule has 0 spiro atoms. The van der Waals surface area contributed by atoms with E-state index in [0.29, 0.717) is 6.07 Å². The summed E-state index contributed by atoms with van der Waals surface area (Å²) in [6.45, 7) is 1.14. The largest absolute Gasteiger partial charge is 0.433 e. The molecule has 0 saturated carbocycles. The van der Waals surface area contributed by atoms with E-state index in [1.807, 2.05) is 5.10 Å². The number of H-pyrrole nitrogens is 1. The number of benzene rings is 2. The summed E-state index contributed by atoms with van der Waals surface area (Å²) in [7, 11) is 0. The molecule has 0 unspecified atom stereocenters. The highest BCUT2D eigenvalue weighted by Gasteiger charge is 2.36. The first-order valence-corrected chi connectivity index (χ1v) is 7.75. The molecule has 0 aliphatic heterocycles. The Kier molecular flexibility index (Phi) is 4.88. The fourth-order valence-electron chi connectivity index (χ4n) is 2.72. The molecule has 1 N–H and O–H groups in total. The smallest absolute Gasteiger partial charge is 0.281 e. The fourth-order valence-corrected chi connectivity index (χ4v) is 2.72. The van der Waals surface area contributed by atoms with Crippen LogP contribution in [0.2, 0.25) is 0 Å². The highest BCUT2D eigenvalue weighted by atomic mass is 19.4. The standard InChI is InChI=1S/C18H11F6N3O/c1-9-16(25-26-17(9)18(22,23)24)12-4-3-11(7-13(12)20)27(8-28)15-5-2-10(19)6-14(15)21/h2-8H,1H3,(H,25,26). The van der Waals surface area contributed by atoms with E-state index in [4.69, 9.17) is 0 Å². The summed E-state index contributed by atoms with van der Waals surface area (Å²) in [6, 6.07) is 5.64. The highest BCUT2D eigenvalue weighted by molar-refractivity contribution is 5.87. The number of anilines is 2. The van der Waals surface area contributed by atoms with Gasteiger partial charge < -0.3 is 0 Å². The van der Waals surface area contributed by atoms with Crippen molar-refractivity contribution in [2.75, 3.05) is 4.90 Å². The van der Waals surface area contributed by atoms with Crippen molar-refractivity contribution >= 4 is 17.8 Å². The molecule has 146 valence electrons.